The summed E-state index contributed by atoms with van der Waals surface area (Å²) in [6, 6.07) is 15.1. The van der Waals surface area contributed by atoms with Gasteiger partial charge in [-0.05, 0) is 42.5 Å². The first-order valence-electron chi connectivity index (χ1n) is 12.9. The summed E-state index contributed by atoms with van der Waals surface area (Å²) in [5, 5.41) is 13.0. The van der Waals surface area contributed by atoms with Crippen LogP contribution >= 0.6 is 0 Å². The van der Waals surface area contributed by atoms with E-state index in [9.17, 15) is 14.7 Å². The maximum Gasteiger partial charge on any atom is 0.317 e. The Morgan fingerprint density at radius 1 is 1.08 bits per heavy atom. The van der Waals surface area contributed by atoms with Gasteiger partial charge < -0.3 is 25.0 Å². The standard InChI is InChI=1S/C29H41N3O4/c1-19(2)22(5)30-29(35)31(6)16-27-20(3)15-32(21(4)17-33)28(34)26-14-10-9-13-25(26)24-12-8-7-11-23(24)18-36-27/h7-14,19-22,27,33H,15-18H2,1-6H3,(H,30,35)/t20-,21-,22-,27+/m0/s1. The number of rotatable bonds is 6. The summed E-state index contributed by atoms with van der Waals surface area (Å²) in [7, 11) is 1.77. The van der Waals surface area contributed by atoms with Crippen LogP contribution in [-0.4, -0.2) is 71.8 Å². The number of benzene rings is 2. The second-order valence-corrected chi connectivity index (χ2v) is 10.4. The number of carbonyl (C=O) groups excluding carboxylic acids is 2. The number of urea groups is 1. The molecule has 0 saturated heterocycles. The van der Waals surface area contributed by atoms with Crippen molar-refractivity contribution in [3.05, 3.63) is 59.7 Å². The van der Waals surface area contributed by atoms with Gasteiger partial charge in [-0.15, -0.1) is 0 Å². The molecule has 0 radical (unpaired) electrons. The van der Waals surface area contributed by atoms with Crippen molar-refractivity contribution >= 4 is 11.9 Å². The van der Waals surface area contributed by atoms with Crippen molar-refractivity contribution in [2.75, 3.05) is 26.7 Å². The second-order valence-electron chi connectivity index (χ2n) is 10.4. The lowest BCUT2D eigenvalue weighted by molar-refractivity contribution is -0.0185. The molecule has 1 aliphatic rings. The largest absolute Gasteiger partial charge is 0.394 e. The highest BCUT2D eigenvalue weighted by Crippen LogP contribution is 2.31. The van der Waals surface area contributed by atoms with Crippen molar-refractivity contribution in [1.29, 1.82) is 0 Å². The van der Waals surface area contributed by atoms with Crippen molar-refractivity contribution in [3.8, 4) is 11.1 Å². The smallest absolute Gasteiger partial charge is 0.317 e. The Hall–Kier alpha value is -2.90. The summed E-state index contributed by atoms with van der Waals surface area (Å²) in [6.07, 6.45) is -0.314. The molecule has 3 rings (SSSR count). The van der Waals surface area contributed by atoms with Crippen LogP contribution in [-0.2, 0) is 11.3 Å². The fourth-order valence-corrected chi connectivity index (χ4v) is 4.38. The van der Waals surface area contributed by atoms with E-state index in [4.69, 9.17) is 4.74 Å². The highest BCUT2D eigenvalue weighted by atomic mass is 16.5. The zero-order valence-electron chi connectivity index (χ0n) is 22.4. The lowest BCUT2D eigenvalue weighted by Crippen LogP contribution is -2.50. The molecule has 0 spiro atoms. The fourth-order valence-electron chi connectivity index (χ4n) is 4.38. The molecule has 3 amide bonds. The van der Waals surface area contributed by atoms with E-state index in [1.165, 1.54) is 0 Å². The van der Waals surface area contributed by atoms with Crippen LogP contribution in [0.25, 0.3) is 11.1 Å². The van der Waals surface area contributed by atoms with Gasteiger partial charge in [0, 0.05) is 37.7 Å². The third kappa shape index (κ3) is 6.45. The molecular formula is C29H41N3O4. The molecule has 7 heteroatoms. The first-order valence-corrected chi connectivity index (χ1v) is 12.9. The third-order valence-electron chi connectivity index (χ3n) is 7.25. The van der Waals surface area contributed by atoms with E-state index in [-0.39, 0.29) is 42.7 Å². The van der Waals surface area contributed by atoms with Crippen LogP contribution in [0.5, 0.6) is 0 Å². The Bertz CT molecular complexity index is 1040. The molecule has 0 fully saturated rings. The number of aliphatic hydroxyl groups is 1. The average molecular weight is 496 g/mol. The topological polar surface area (TPSA) is 82.1 Å². The summed E-state index contributed by atoms with van der Waals surface area (Å²) < 4.78 is 6.48. The summed E-state index contributed by atoms with van der Waals surface area (Å²) >= 11 is 0. The van der Waals surface area contributed by atoms with E-state index in [1.54, 1.807) is 16.8 Å². The van der Waals surface area contributed by atoms with Crippen LogP contribution < -0.4 is 5.32 Å². The number of nitrogens with zero attached hydrogens (tertiary/aromatic N) is 2. The molecule has 0 saturated carbocycles. The molecule has 0 unspecified atom stereocenters. The van der Waals surface area contributed by atoms with Crippen LogP contribution in [0.2, 0.25) is 0 Å². The van der Waals surface area contributed by atoms with Crippen LogP contribution in [0.4, 0.5) is 4.79 Å². The van der Waals surface area contributed by atoms with Gasteiger partial charge in [0.1, 0.15) is 0 Å². The molecule has 0 aromatic heterocycles. The minimum atomic E-state index is -0.363. The summed E-state index contributed by atoms with van der Waals surface area (Å²) in [5.74, 6) is 0.122. The predicted molar refractivity (Wildman–Crippen MR) is 143 cm³/mol. The van der Waals surface area contributed by atoms with E-state index in [1.807, 2.05) is 69.3 Å². The molecule has 0 bridgehead atoms. The van der Waals surface area contributed by atoms with E-state index in [2.05, 4.69) is 19.2 Å². The first-order chi connectivity index (χ1) is 17.1. The van der Waals surface area contributed by atoms with Crippen molar-refractivity contribution in [1.82, 2.24) is 15.1 Å². The number of amides is 3. The third-order valence-corrected chi connectivity index (χ3v) is 7.25. The predicted octanol–water partition coefficient (Wildman–Crippen LogP) is 4.40. The highest BCUT2D eigenvalue weighted by Gasteiger charge is 2.31. The van der Waals surface area contributed by atoms with Gasteiger partial charge in [-0.25, -0.2) is 4.79 Å². The quantitative estimate of drug-likeness (QED) is 0.623. The van der Waals surface area contributed by atoms with Gasteiger partial charge >= 0.3 is 6.03 Å². The molecule has 196 valence electrons. The zero-order chi connectivity index (χ0) is 26.4. The number of likely N-dealkylation sites (N-methyl/N-ethyl adjacent to an activating group) is 1. The van der Waals surface area contributed by atoms with Crippen LogP contribution in [0.1, 0.15) is 50.5 Å². The first kappa shape index (κ1) is 27.7. The SMILES string of the molecule is CC(C)[C@H](C)NC(=O)N(C)C[C@H]1OCc2ccccc2-c2ccccc2C(=O)N([C@@H](C)CO)C[C@@H]1C. The molecular weight excluding hydrogens is 454 g/mol. The summed E-state index contributed by atoms with van der Waals surface area (Å²) in [6.45, 7) is 11.0. The Morgan fingerprint density at radius 3 is 2.33 bits per heavy atom. The van der Waals surface area contributed by atoms with Crippen molar-refractivity contribution in [2.24, 2.45) is 11.8 Å². The minimum Gasteiger partial charge on any atom is -0.394 e. The van der Waals surface area contributed by atoms with Gasteiger partial charge in [-0.2, -0.15) is 0 Å². The molecule has 2 N–H and O–H groups in total. The zero-order valence-corrected chi connectivity index (χ0v) is 22.4. The number of hydrogen-bond donors (Lipinski definition) is 2. The van der Waals surface area contributed by atoms with Crippen LogP contribution in [0, 0.1) is 11.8 Å². The summed E-state index contributed by atoms with van der Waals surface area (Å²) in [4.78, 5) is 30.1. The fraction of sp³-hybridized carbons (Fsp3) is 0.517. The second kappa shape index (κ2) is 12.4. The van der Waals surface area contributed by atoms with E-state index in [0.717, 1.165) is 16.7 Å². The number of carbonyl (C=O) groups is 2. The molecule has 2 aromatic carbocycles. The number of hydrogen-bond acceptors (Lipinski definition) is 4. The van der Waals surface area contributed by atoms with Crippen molar-refractivity contribution < 1.29 is 19.4 Å². The lowest BCUT2D eigenvalue weighted by atomic mass is 9.94. The van der Waals surface area contributed by atoms with Gasteiger partial charge in [0.15, 0.2) is 0 Å². The molecule has 4 atom stereocenters. The molecule has 36 heavy (non-hydrogen) atoms. The summed E-state index contributed by atoms with van der Waals surface area (Å²) in [5.41, 5.74) is 3.39. The Balaban J connectivity index is 1.97. The van der Waals surface area contributed by atoms with Crippen LogP contribution in [0.3, 0.4) is 0 Å². The van der Waals surface area contributed by atoms with Crippen molar-refractivity contribution in [3.63, 3.8) is 0 Å². The minimum absolute atomic E-state index is 0.0507. The molecule has 1 aliphatic heterocycles. The molecule has 2 aromatic rings. The number of fused-ring (bicyclic) bond motifs is 3. The van der Waals surface area contributed by atoms with Gasteiger partial charge in [0.2, 0.25) is 0 Å². The number of ether oxygens (including phenoxy) is 1. The van der Waals surface area contributed by atoms with Crippen LogP contribution in [0.15, 0.2) is 48.5 Å². The van der Waals surface area contributed by atoms with Gasteiger partial charge in [0.25, 0.3) is 5.91 Å². The normalized spacial score (nSPS) is 20.1. The Kier molecular flexibility index (Phi) is 9.51. The molecule has 1 heterocycles. The van der Waals surface area contributed by atoms with Gasteiger partial charge in [0.05, 0.1) is 25.4 Å². The van der Waals surface area contributed by atoms with E-state index >= 15 is 0 Å². The lowest BCUT2D eigenvalue weighted by Gasteiger charge is -2.35. The average Bonchev–Trinajstić information content (AvgIpc) is 2.89. The number of aliphatic hydroxyl groups excluding tert-OH is 1. The van der Waals surface area contributed by atoms with E-state index < -0.39 is 0 Å². The maximum absolute atomic E-state index is 13.8. The molecule has 7 nitrogen and oxygen atoms in total. The van der Waals surface area contributed by atoms with Crippen molar-refractivity contribution in [2.45, 2.75) is 59.4 Å². The monoisotopic (exact) mass is 495 g/mol. The maximum atomic E-state index is 13.8. The molecule has 0 aliphatic carbocycles. The Labute approximate surface area is 215 Å². The van der Waals surface area contributed by atoms with Gasteiger partial charge in [-0.3, -0.25) is 4.79 Å². The Morgan fingerprint density at radius 2 is 1.69 bits per heavy atom. The highest BCUT2D eigenvalue weighted by molar-refractivity contribution is 6.01. The van der Waals surface area contributed by atoms with E-state index in [0.29, 0.717) is 31.2 Å². The number of nitrogens with one attached hydrogen (secondary N) is 1. The van der Waals surface area contributed by atoms with Gasteiger partial charge in [-0.1, -0.05) is 63.2 Å².